The first-order valence-corrected chi connectivity index (χ1v) is 7.60. The highest BCUT2D eigenvalue weighted by atomic mass is 35.5. The summed E-state index contributed by atoms with van der Waals surface area (Å²) in [4.78, 5) is 33.1. The van der Waals surface area contributed by atoms with Crippen LogP contribution in [-0.4, -0.2) is 40.0 Å². The molecular weight excluding hydrogens is 320 g/mol. The van der Waals surface area contributed by atoms with Crippen LogP contribution in [0.25, 0.3) is 0 Å². The number of aliphatic carboxylic acids is 1. The number of hydrogen-bond acceptors (Lipinski definition) is 5. The van der Waals surface area contributed by atoms with Gasteiger partial charge in [0, 0.05) is 11.6 Å². The molecule has 1 amide bonds. The molecule has 1 rings (SSSR count). The van der Waals surface area contributed by atoms with Crippen molar-refractivity contribution in [1.29, 1.82) is 0 Å². The fourth-order valence-electron chi connectivity index (χ4n) is 1.53. The number of hydrogen-bond donors (Lipinski definition) is 2. The van der Waals surface area contributed by atoms with Gasteiger partial charge in [0.25, 0.3) is 11.6 Å². The van der Waals surface area contributed by atoms with Crippen molar-refractivity contribution >= 4 is 40.9 Å². The van der Waals surface area contributed by atoms with E-state index in [-0.39, 0.29) is 17.0 Å². The van der Waals surface area contributed by atoms with Gasteiger partial charge in [-0.2, -0.15) is 11.8 Å². The van der Waals surface area contributed by atoms with Crippen LogP contribution in [0.3, 0.4) is 0 Å². The molecule has 0 spiro atoms. The summed E-state index contributed by atoms with van der Waals surface area (Å²) in [6.45, 7) is 0. The summed E-state index contributed by atoms with van der Waals surface area (Å²) in [7, 11) is 0. The maximum absolute atomic E-state index is 12.0. The van der Waals surface area contributed by atoms with Crippen molar-refractivity contribution in [2.24, 2.45) is 0 Å². The number of nitrogens with zero attached hydrogens (tertiary/aromatic N) is 1. The van der Waals surface area contributed by atoms with E-state index < -0.39 is 28.5 Å². The number of amides is 1. The minimum atomic E-state index is -1.15. The number of carboxylic acids is 1. The van der Waals surface area contributed by atoms with Crippen molar-refractivity contribution in [2.45, 2.75) is 12.5 Å². The first-order chi connectivity index (χ1) is 9.86. The van der Waals surface area contributed by atoms with E-state index in [1.165, 1.54) is 23.9 Å². The van der Waals surface area contributed by atoms with Crippen molar-refractivity contribution in [2.75, 3.05) is 12.0 Å². The Balaban J connectivity index is 2.90. The predicted molar refractivity (Wildman–Crippen MR) is 80.0 cm³/mol. The van der Waals surface area contributed by atoms with Gasteiger partial charge in [0.2, 0.25) is 0 Å². The molecular formula is C12H13ClN2O5S. The van der Waals surface area contributed by atoms with Gasteiger partial charge >= 0.3 is 5.97 Å². The summed E-state index contributed by atoms with van der Waals surface area (Å²) in [5.74, 6) is -1.28. The Hall–Kier alpha value is -1.80. The second-order valence-electron chi connectivity index (χ2n) is 4.07. The van der Waals surface area contributed by atoms with E-state index in [2.05, 4.69) is 5.32 Å². The fourth-order valence-corrected chi connectivity index (χ4v) is 2.19. The van der Waals surface area contributed by atoms with E-state index in [0.717, 1.165) is 6.07 Å². The molecule has 0 heterocycles. The van der Waals surface area contributed by atoms with Gasteiger partial charge in [-0.1, -0.05) is 11.6 Å². The van der Waals surface area contributed by atoms with Crippen LogP contribution in [0.2, 0.25) is 5.02 Å². The molecule has 0 unspecified atom stereocenters. The summed E-state index contributed by atoms with van der Waals surface area (Å²) in [6, 6.07) is 2.51. The third-order valence-corrected chi connectivity index (χ3v) is 3.58. The number of rotatable bonds is 7. The molecule has 0 saturated carbocycles. The Morgan fingerprint density at radius 3 is 2.71 bits per heavy atom. The molecule has 0 fully saturated rings. The number of nitro groups is 1. The molecule has 1 aromatic carbocycles. The van der Waals surface area contributed by atoms with Crippen LogP contribution in [0, 0.1) is 10.1 Å². The first kappa shape index (κ1) is 17.3. The van der Waals surface area contributed by atoms with Crippen LogP contribution < -0.4 is 5.32 Å². The Morgan fingerprint density at radius 2 is 2.19 bits per heavy atom. The quantitative estimate of drug-likeness (QED) is 0.585. The van der Waals surface area contributed by atoms with Gasteiger partial charge in [-0.25, -0.2) is 4.79 Å². The molecule has 21 heavy (non-hydrogen) atoms. The van der Waals surface area contributed by atoms with Crippen LogP contribution in [0.15, 0.2) is 18.2 Å². The van der Waals surface area contributed by atoms with Crippen LogP contribution in [0.1, 0.15) is 16.8 Å². The molecule has 0 aliphatic rings. The highest BCUT2D eigenvalue weighted by Gasteiger charge is 2.22. The van der Waals surface area contributed by atoms with Gasteiger partial charge in [-0.15, -0.1) is 0 Å². The molecule has 0 aliphatic carbocycles. The average Bonchev–Trinajstić information content (AvgIpc) is 2.42. The van der Waals surface area contributed by atoms with Crippen LogP contribution in [-0.2, 0) is 4.79 Å². The lowest BCUT2D eigenvalue weighted by Gasteiger charge is -2.13. The molecule has 9 heteroatoms. The molecule has 0 bridgehead atoms. The molecule has 0 radical (unpaired) electrons. The largest absolute Gasteiger partial charge is 0.480 e. The Kier molecular flexibility index (Phi) is 6.44. The molecule has 0 aliphatic heterocycles. The zero-order valence-corrected chi connectivity index (χ0v) is 12.6. The Labute approximate surface area is 129 Å². The van der Waals surface area contributed by atoms with Crippen molar-refractivity contribution in [1.82, 2.24) is 5.32 Å². The summed E-state index contributed by atoms with van der Waals surface area (Å²) < 4.78 is 0. The van der Waals surface area contributed by atoms with E-state index in [1.54, 1.807) is 0 Å². The lowest BCUT2D eigenvalue weighted by molar-refractivity contribution is -0.384. The monoisotopic (exact) mass is 332 g/mol. The molecule has 114 valence electrons. The van der Waals surface area contributed by atoms with Crippen molar-refractivity contribution < 1.29 is 19.6 Å². The minimum Gasteiger partial charge on any atom is -0.480 e. The maximum Gasteiger partial charge on any atom is 0.326 e. The van der Waals surface area contributed by atoms with Gasteiger partial charge in [0.15, 0.2) is 0 Å². The second kappa shape index (κ2) is 7.84. The van der Waals surface area contributed by atoms with Crippen molar-refractivity contribution in [3.63, 3.8) is 0 Å². The maximum atomic E-state index is 12.0. The smallest absolute Gasteiger partial charge is 0.326 e. The predicted octanol–water partition coefficient (Wildman–Crippen LogP) is 2.18. The van der Waals surface area contributed by atoms with Gasteiger partial charge < -0.3 is 10.4 Å². The van der Waals surface area contributed by atoms with Gasteiger partial charge in [0.05, 0.1) is 4.92 Å². The SMILES string of the molecule is CSCC[C@@H](NC(=O)c1ccc(Cl)c([N+](=O)[O-])c1)C(=O)O. The van der Waals surface area contributed by atoms with Crippen molar-refractivity contribution in [3.8, 4) is 0 Å². The molecule has 0 aromatic heterocycles. The second-order valence-corrected chi connectivity index (χ2v) is 5.46. The summed E-state index contributed by atoms with van der Waals surface area (Å²) in [5.41, 5.74) is -0.415. The number of carboxylic acid groups (broad SMARTS) is 1. The van der Waals surface area contributed by atoms with E-state index in [4.69, 9.17) is 16.7 Å². The zero-order chi connectivity index (χ0) is 16.0. The van der Waals surface area contributed by atoms with E-state index in [0.29, 0.717) is 5.75 Å². The summed E-state index contributed by atoms with van der Waals surface area (Å²) in [6.07, 6.45) is 2.08. The summed E-state index contributed by atoms with van der Waals surface area (Å²) >= 11 is 7.11. The Morgan fingerprint density at radius 1 is 1.52 bits per heavy atom. The molecule has 1 atom stereocenters. The van der Waals surface area contributed by atoms with E-state index in [9.17, 15) is 19.7 Å². The number of halogens is 1. The molecule has 7 nitrogen and oxygen atoms in total. The summed E-state index contributed by atoms with van der Waals surface area (Å²) in [5, 5.41) is 22.0. The molecule has 1 aromatic rings. The minimum absolute atomic E-state index is 0.0125. The first-order valence-electron chi connectivity index (χ1n) is 5.83. The average molecular weight is 333 g/mol. The fraction of sp³-hybridized carbons (Fsp3) is 0.333. The molecule has 2 N–H and O–H groups in total. The van der Waals surface area contributed by atoms with Gasteiger partial charge in [-0.05, 0) is 30.6 Å². The van der Waals surface area contributed by atoms with Gasteiger partial charge in [0.1, 0.15) is 11.1 Å². The number of nitro benzene ring substituents is 1. The highest BCUT2D eigenvalue weighted by Crippen LogP contribution is 2.25. The van der Waals surface area contributed by atoms with Crippen molar-refractivity contribution in [3.05, 3.63) is 38.9 Å². The van der Waals surface area contributed by atoms with Crippen LogP contribution >= 0.6 is 23.4 Å². The zero-order valence-electron chi connectivity index (χ0n) is 11.0. The molecule has 0 saturated heterocycles. The number of thioether (sulfide) groups is 1. The number of carbonyl (C=O) groups is 2. The number of benzene rings is 1. The number of carbonyl (C=O) groups excluding carboxylic acids is 1. The Bertz CT molecular complexity index is 567. The third-order valence-electron chi connectivity index (χ3n) is 2.62. The third kappa shape index (κ3) is 4.91. The highest BCUT2D eigenvalue weighted by molar-refractivity contribution is 7.98. The van der Waals surface area contributed by atoms with E-state index in [1.807, 2.05) is 6.26 Å². The standard InChI is InChI=1S/C12H13ClN2O5S/c1-21-5-4-9(12(17)18)14-11(16)7-2-3-8(13)10(6-7)15(19)20/h2-3,6,9H,4-5H2,1H3,(H,14,16)(H,17,18)/t9-/m1/s1. The lowest BCUT2D eigenvalue weighted by Crippen LogP contribution is -2.41. The topological polar surface area (TPSA) is 110 Å². The van der Waals surface area contributed by atoms with E-state index >= 15 is 0 Å². The van der Waals surface area contributed by atoms with Crippen LogP contribution in [0.4, 0.5) is 5.69 Å². The number of nitrogens with one attached hydrogen (secondary N) is 1. The lowest BCUT2D eigenvalue weighted by atomic mass is 10.1. The van der Waals surface area contributed by atoms with Crippen LogP contribution in [0.5, 0.6) is 0 Å². The normalized spacial score (nSPS) is 11.7. The van der Waals surface area contributed by atoms with Gasteiger partial charge in [-0.3, -0.25) is 14.9 Å².